The minimum Gasteiger partial charge on any atom is -0.370 e. The Morgan fingerprint density at radius 2 is 1.53 bits per heavy atom. The molecule has 0 saturated heterocycles. The summed E-state index contributed by atoms with van der Waals surface area (Å²) < 4.78 is 40.6. The molecule has 0 radical (unpaired) electrons. The molecular weight excluding hydrogens is 451 g/mol. The summed E-state index contributed by atoms with van der Waals surface area (Å²) in [6.07, 6.45) is -4.48. The number of benzene rings is 2. The molecule has 34 heavy (non-hydrogen) atoms. The zero-order valence-corrected chi connectivity index (χ0v) is 18.3. The lowest BCUT2D eigenvalue weighted by atomic mass is 10.1. The van der Waals surface area contributed by atoms with E-state index in [9.17, 15) is 22.8 Å². The Labute approximate surface area is 192 Å². The van der Waals surface area contributed by atoms with E-state index in [2.05, 4.69) is 15.3 Å². The number of hydrogen-bond donors (Lipinski definition) is 3. The zero-order valence-electron chi connectivity index (χ0n) is 18.3. The van der Waals surface area contributed by atoms with Crippen molar-refractivity contribution in [1.82, 2.24) is 14.1 Å². The normalized spacial score (nSPS) is 11.3. The van der Waals surface area contributed by atoms with Crippen LogP contribution in [0.2, 0.25) is 0 Å². The van der Waals surface area contributed by atoms with Crippen LogP contribution in [0.1, 0.15) is 22.3 Å². The lowest BCUT2D eigenvalue weighted by Gasteiger charge is -2.16. The van der Waals surface area contributed by atoms with Crippen LogP contribution in [0.15, 0.2) is 63.1 Å². The maximum Gasteiger partial charge on any atom is 0.416 e. The number of nitrogens with two attached hydrogens (primary N) is 2. The molecule has 5 N–H and O–H groups in total. The molecule has 2 aromatic carbocycles. The molecule has 0 unspecified atom stereocenters. The Kier molecular flexibility index (Phi) is 7.39. The van der Waals surface area contributed by atoms with E-state index in [1.54, 1.807) is 0 Å². The van der Waals surface area contributed by atoms with E-state index < -0.39 is 23.1 Å². The van der Waals surface area contributed by atoms with Crippen molar-refractivity contribution in [2.45, 2.75) is 26.2 Å². The second-order valence-corrected chi connectivity index (χ2v) is 7.59. The van der Waals surface area contributed by atoms with E-state index >= 15 is 0 Å². The topological polar surface area (TPSA) is 133 Å². The van der Waals surface area contributed by atoms with Gasteiger partial charge in [-0.15, -0.1) is 0 Å². The number of halogens is 3. The number of nitrogens with zero attached hydrogens (tertiary/aromatic N) is 4. The molecule has 12 heteroatoms. The highest BCUT2D eigenvalue weighted by Gasteiger charge is 2.30. The summed E-state index contributed by atoms with van der Waals surface area (Å²) in [5, 5.41) is 2.89. The number of aryl methyl sites for hydroxylation is 1. The van der Waals surface area contributed by atoms with Crippen LogP contribution in [0.3, 0.4) is 0 Å². The van der Waals surface area contributed by atoms with Gasteiger partial charge in [0, 0.05) is 6.54 Å². The van der Waals surface area contributed by atoms with Gasteiger partial charge in [0.2, 0.25) is 5.95 Å². The number of guanidine groups is 1. The monoisotopic (exact) mass is 475 g/mol. The van der Waals surface area contributed by atoms with E-state index in [-0.39, 0.29) is 38.1 Å². The lowest BCUT2D eigenvalue weighted by molar-refractivity contribution is -0.137. The van der Waals surface area contributed by atoms with Crippen LogP contribution in [0.4, 0.5) is 19.1 Å². The first-order chi connectivity index (χ1) is 16.0. The van der Waals surface area contributed by atoms with Crippen molar-refractivity contribution in [2.75, 3.05) is 18.4 Å². The largest absolute Gasteiger partial charge is 0.416 e. The molecule has 3 rings (SSSR count). The quantitative estimate of drug-likeness (QED) is 0.257. The minimum atomic E-state index is -4.48. The van der Waals surface area contributed by atoms with Gasteiger partial charge in [-0.1, -0.05) is 42.0 Å². The molecule has 0 aliphatic heterocycles. The van der Waals surface area contributed by atoms with Crippen LogP contribution in [0.25, 0.3) is 0 Å². The molecule has 0 saturated carbocycles. The van der Waals surface area contributed by atoms with Gasteiger partial charge in [0.15, 0.2) is 5.96 Å². The van der Waals surface area contributed by atoms with Crippen molar-refractivity contribution >= 4 is 11.9 Å². The summed E-state index contributed by atoms with van der Waals surface area (Å²) in [6.45, 7) is 2.21. The molecule has 0 spiro atoms. The van der Waals surface area contributed by atoms with Crippen molar-refractivity contribution in [2.24, 2.45) is 16.5 Å². The highest BCUT2D eigenvalue weighted by atomic mass is 19.4. The van der Waals surface area contributed by atoms with Crippen LogP contribution in [0.5, 0.6) is 0 Å². The standard InChI is InChI=1S/C22H24F3N7O2/c1-14-2-4-15(5-3-14)12-31-19(29-11-10-28-18(26)27)30-20(33)32(21(31)34)13-16-6-8-17(9-7-16)22(23,24)25/h2-9H,10-13H2,1H3,(H4,26,27,28)(H,29,30,33). The van der Waals surface area contributed by atoms with Crippen molar-refractivity contribution in [1.29, 1.82) is 0 Å². The van der Waals surface area contributed by atoms with Crippen molar-refractivity contribution in [3.05, 3.63) is 91.8 Å². The summed E-state index contributed by atoms with van der Waals surface area (Å²) in [6, 6.07) is 11.7. The summed E-state index contributed by atoms with van der Waals surface area (Å²) in [4.78, 5) is 33.7. The minimum absolute atomic E-state index is 0.0324. The van der Waals surface area contributed by atoms with Gasteiger partial charge in [0.25, 0.3) is 0 Å². The van der Waals surface area contributed by atoms with E-state index in [0.29, 0.717) is 5.56 Å². The predicted molar refractivity (Wildman–Crippen MR) is 123 cm³/mol. The molecule has 0 amide bonds. The number of rotatable bonds is 8. The van der Waals surface area contributed by atoms with Gasteiger partial charge < -0.3 is 16.8 Å². The maximum absolute atomic E-state index is 13.3. The molecule has 0 aliphatic carbocycles. The maximum atomic E-state index is 13.3. The molecule has 0 fully saturated rings. The smallest absolute Gasteiger partial charge is 0.370 e. The molecule has 1 aromatic heterocycles. The third-order valence-electron chi connectivity index (χ3n) is 4.92. The Hall–Kier alpha value is -4.09. The highest BCUT2D eigenvalue weighted by Crippen LogP contribution is 2.29. The number of alkyl halides is 3. The fourth-order valence-corrected chi connectivity index (χ4v) is 3.15. The summed E-state index contributed by atoms with van der Waals surface area (Å²) >= 11 is 0. The first kappa shape index (κ1) is 24.6. The summed E-state index contributed by atoms with van der Waals surface area (Å²) in [5.74, 6) is -0.0659. The first-order valence-corrected chi connectivity index (χ1v) is 10.3. The second-order valence-electron chi connectivity index (χ2n) is 7.59. The Bertz CT molecular complexity index is 1270. The van der Waals surface area contributed by atoms with Gasteiger partial charge in [-0.2, -0.15) is 18.2 Å². The van der Waals surface area contributed by atoms with Crippen LogP contribution in [0, 0.1) is 6.92 Å². The van der Waals surface area contributed by atoms with Gasteiger partial charge in [0.05, 0.1) is 25.2 Å². The average molecular weight is 475 g/mol. The van der Waals surface area contributed by atoms with E-state index in [0.717, 1.165) is 27.8 Å². The zero-order chi connectivity index (χ0) is 24.9. The van der Waals surface area contributed by atoms with Crippen molar-refractivity contribution in [3.63, 3.8) is 0 Å². The number of aromatic nitrogens is 3. The van der Waals surface area contributed by atoms with Crippen LogP contribution < -0.4 is 28.2 Å². The molecule has 3 aromatic rings. The summed E-state index contributed by atoms with van der Waals surface area (Å²) in [5.41, 5.74) is 10.5. The Morgan fingerprint density at radius 1 is 0.971 bits per heavy atom. The van der Waals surface area contributed by atoms with E-state index in [1.807, 2.05) is 31.2 Å². The molecule has 0 aliphatic rings. The van der Waals surface area contributed by atoms with Gasteiger partial charge in [-0.05, 0) is 30.2 Å². The van der Waals surface area contributed by atoms with Crippen molar-refractivity contribution < 1.29 is 13.2 Å². The van der Waals surface area contributed by atoms with Crippen LogP contribution in [-0.4, -0.2) is 33.2 Å². The fourth-order valence-electron chi connectivity index (χ4n) is 3.15. The van der Waals surface area contributed by atoms with Gasteiger partial charge in [0.1, 0.15) is 0 Å². The van der Waals surface area contributed by atoms with Gasteiger partial charge in [-0.3, -0.25) is 9.56 Å². The second kappa shape index (κ2) is 10.2. The van der Waals surface area contributed by atoms with Crippen molar-refractivity contribution in [3.8, 4) is 0 Å². The molecular formula is C22H24F3N7O2. The third kappa shape index (κ3) is 6.24. The number of hydrogen-bond acceptors (Lipinski definition) is 5. The Morgan fingerprint density at radius 3 is 2.09 bits per heavy atom. The number of anilines is 1. The highest BCUT2D eigenvalue weighted by molar-refractivity contribution is 5.75. The van der Waals surface area contributed by atoms with Gasteiger partial charge >= 0.3 is 17.6 Å². The third-order valence-corrected chi connectivity index (χ3v) is 4.92. The van der Waals surface area contributed by atoms with E-state index in [4.69, 9.17) is 11.5 Å². The number of aliphatic imine (C=N–C) groups is 1. The van der Waals surface area contributed by atoms with E-state index in [1.165, 1.54) is 16.7 Å². The van der Waals surface area contributed by atoms with Gasteiger partial charge in [-0.25, -0.2) is 14.2 Å². The summed E-state index contributed by atoms with van der Waals surface area (Å²) in [7, 11) is 0. The lowest BCUT2D eigenvalue weighted by Crippen LogP contribution is -2.43. The first-order valence-electron chi connectivity index (χ1n) is 10.3. The molecule has 0 atom stereocenters. The SMILES string of the molecule is Cc1ccc(Cn2c(NCCN=C(N)N)nc(=O)n(Cc3ccc(C(F)(F)F)cc3)c2=O)cc1. The molecule has 180 valence electrons. The fraction of sp³-hybridized carbons (Fsp3) is 0.273. The molecule has 9 nitrogen and oxygen atoms in total. The molecule has 1 heterocycles. The average Bonchev–Trinajstić information content (AvgIpc) is 2.77. The number of nitrogens with one attached hydrogen (secondary N) is 1. The van der Waals surface area contributed by atoms with Crippen LogP contribution in [-0.2, 0) is 19.3 Å². The Balaban J connectivity index is 1.96. The predicted octanol–water partition coefficient (Wildman–Crippen LogP) is 1.51. The van der Waals surface area contributed by atoms with Crippen LogP contribution >= 0.6 is 0 Å². The molecule has 0 bridgehead atoms.